The van der Waals surface area contributed by atoms with E-state index in [-0.39, 0.29) is 19.1 Å². The molecule has 11 nitrogen and oxygen atoms in total. The smallest absolute Gasteiger partial charge is 0.251 e. The average molecular weight is 530 g/mol. The van der Waals surface area contributed by atoms with E-state index < -0.39 is 0 Å². The van der Waals surface area contributed by atoms with E-state index in [0.29, 0.717) is 45.6 Å². The van der Waals surface area contributed by atoms with Crippen molar-refractivity contribution in [3.05, 3.63) is 83.2 Å². The molecule has 0 aliphatic rings. The van der Waals surface area contributed by atoms with Gasteiger partial charge in [-0.3, -0.25) is 4.79 Å². The molecule has 0 atom stereocenters. The summed E-state index contributed by atoms with van der Waals surface area (Å²) in [6.45, 7) is 0.426. The van der Waals surface area contributed by atoms with E-state index in [1.165, 1.54) is 21.3 Å². The van der Waals surface area contributed by atoms with Gasteiger partial charge in [-0.15, -0.1) is 5.10 Å². The second kappa shape index (κ2) is 12.3. The molecule has 0 aliphatic heterocycles. The van der Waals surface area contributed by atoms with Crippen LogP contribution < -0.4 is 29.0 Å². The van der Waals surface area contributed by atoms with Gasteiger partial charge in [-0.25, -0.2) is 4.68 Å². The zero-order valence-corrected chi connectivity index (χ0v) is 21.9. The number of hydrogen-bond acceptors (Lipinski definition) is 9. The molecule has 0 spiro atoms. The second-order valence-electron chi connectivity index (χ2n) is 8.18. The van der Waals surface area contributed by atoms with Crippen LogP contribution in [0.5, 0.6) is 28.7 Å². The van der Waals surface area contributed by atoms with Crippen molar-refractivity contribution >= 4 is 5.91 Å². The highest BCUT2D eigenvalue weighted by Gasteiger charge is 2.17. The van der Waals surface area contributed by atoms with Crippen LogP contribution in [-0.2, 0) is 13.2 Å². The van der Waals surface area contributed by atoms with Gasteiger partial charge in [-0.05, 0) is 54.1 Å². The monoisotopic (exact) mass is 529 g/mol. The van der Waals surface area contributed by atoms with Crippen molar-refractivity contribution < 1.29 is 28.5 Å². The number of ether oxygens (including phenoxy) is 5. The number of amides is 1. The second-order valence-corrected chi connectivity index (χ2v) is 8.18. The molecular formula is C28H27N5O6. The lowest BCUT2D eigenvalue weighted by Crippen LogP contribution is -2.23. The summed E-state index contributed by atoms with van der Waals surface area (Å²) in [6.07, 6.45) is 1.75. The predicted octanol–water partition coefficient (Wildman–Crippen LogP) is 3.68. The number of nitrogens with zero attached hydrogens (tertiary/aromatic N) is 4. The zero-order valence-electron chi connectivity index (χ0n) is 21.9. The van der Waals surface area contributed by atoms with E-state index in [4.69, 9.17) is 28.9 Å². The predicted molar refractivity (Wildman–Crippen MR) is 141 cm³/mol. The Kier molecular flexibility index (Phi) is 8.48. The fourth-order valence-corrected chi connectivity index (χ4v) is 3.77. The molecule has 0 fully saturated rings. The maximum atomic E-state index is 12.8. The van der Waals surface area contributed by atoms with E-state index in [9.17, 15) is 4.79 Å². The van der Waals surface area contributed by atoms with Crippen molar-refractivity contribution in [3.8, 4) is 40.5 Å². The lowest BCUT2D eigenvalue weighted by atomic mass is 10.1. The fourth-order valence-electron chi connectivity index (χ4n) is 3.77. The first kappa shape index (κ1) is 26.8. The molecule has 0 unspecified atom stereocenters. The van der Waals surface area contributed by atoms with Crippen LogP contribution in [0.1, 0.15) is 27.2 Å². The van der Waals surface area contributed by atoms with E-state index >= 15 is 0 Å². The van der Waals surface area contributed by atoms with Crippen molar-refractivity contribution in [1.29, 1.82) is 5.26 Å². The largest absolute Gasteiger partial charge is 0.493 e. The van der Waals surface area contributed by atoms with Gasteiger partial charge in [0.05, 0.1) is 52.0 Å². The quantitative estimate of drug-likeness (QED) is 0.309. The minimum Gasteiger partial charge on any atom is -0.493 e. The molecule has 0 radical (unpaired) electrons. The van der Waals surface area contributed by atoms with Gasteiger partial charge in [0.2, 0.25) is 5.75 Å². The van der Waals surface area contributed by atoms with Gasteiger partial charge < -0.3 is 29.0 Å². The lowest BCUT2D eigenvalue weighted by Gasteiger charge is -2.14. The number of nitriles is 1. The van der Waals surface area contributed by atoms with Gasteiger partial charge >= 0.3 is 0 Å². The van der Waals surface area contributed by atoms with E-state index in [2.05, 4.69) is 21.7 Å². The summed E-state index contributed by atoms with van der Waals surface area (Å²) in [5.41, 5.74) is 3.14. The topological polar surface area (TPSA) is 130 Å². The maximum Gasteiger partial charge on any atom is 0.251 e. The van der Waals surface area contributed by atoms with Gasteiger partial charge in [0.1, 0.15) is 12.3 Å². The molecule has 1 N–H and O–H groups in total. The van der Waals surface area contributed by atoms with Crippen LogP contribution >= 0.6 is 0 Å². The van der Waals surface area contributed by atoms with Crippen LogP contribution in [0.3, 0.4) is 0 Å². The highest BCUT2D eigenvalue weighted by Crippen LogP contribution is 2.38. The van der Waals surface area contributed by atoms with Gasteiger partial charge in [-0.2, -0.15) is 5.26 Å². The Balaban J connectivity index is 1.39. The van der Waals surface area contributed by atoms with Crippen molar-refractivity contribution in [2.24, 2.45) is 0 Å². The summed E-state index contributed by atoms with van der Waals surface area (Å²) in [4.78, 5) is 12.8. The molecule has 0 aliphatic carbocycles. The summed E-state index contributed by atoms with van der Waals surface area (Å²) < 4.78 is 29.0. The number of nitrogens with one attached hydrogen (secondary N) is 1. The van der Waals surface area contributed by atoms with Crippen LogP contribution in [0.15, 0.2) is 60.8 Å². The van der Waals surface area contributed by atoms with Gasteiger partial charge in [-0.1, -0.05) is 11.3 Å². The third kappa shape index (κ3) is 6.19. The van der Waals surface area contributed by atoms with Gasteiger partial charge in [0.25, 0.3) is 5.91 Å². The molecule has 0 bridgehead atoms. The van der Waals surface area contributed by atoms with E-state index in [0.717, 1.165) is 11.3 Å². The summed E-state index contributed by atoms with van der Waals surface area (Å²) in [7, 11) is 6.03. The first-order chi connectivity index (χ1) is 19.0. The van der Waals surface area contributed by atoms with Crippen LogP contribution in [0, 0.1) is 11.3 Å². The van der Waals surface area contributed by atoms with Crippen molar-refractivity contribution in [1.82, 2.24) is 20.3 Å². The maximum absolute atomic E-state index is 12.8. The Morgan fingerprint density at radius 3 is 2.21 bits per heavy atom. The third-order valence-electron chi connectivity index (χ3n) is 5.79. The number of aromatic nitrogens is 3. The zero-order chi connectivity index (χ0) is 27.8. The van der Waals surface area contributed by atoms with Gasteiger partial charge in [0.15, 0.2) is 23.0 Å². The molecule has 1 amide bonds. The highest BCUT2D eigenvalue weighted by molar-refractivity contribution is 5.95. The number of methoxy groups -OCH3 is 4. The highest BCUT2D eigenvalue weighted by atomic mass is 16.5. The third-order valence-corrected chi connectivity index (χ3v) is 5.79. The fraction of sp³-hybridized carbons (Fsp3) is 0.214. The Labute approximate surface area is 225 Å². The Hall–Kier alpha value is -5.24. The molecule has 11 heteroatoms. The summed E-state index contributed by atoms with van der Waals surface area (Å²) in [5.74, 6) is 1.91. The number of hydrogen-bond donors (Lipinski definition) is 1. The number of carbonyl (C=O) groups is 1. The summed E-state index contributed by atoms with van der Waals surface area (Å²) in [6, 6.07) is 17.7. The minimum absolute atomic E-state index is 0.170. The summed E-state index contributed by atoms with van der Waals surface area (Å²) >= 11 is 0. The SMILES string of the molecule is COc1cc(CNC(=O)c2cc(OC)c(OC)c(OC)c2)ccc1OCc1cn(-c2ccc(C#N)cc2)nn1. The molecule has 4 rings (SSSR count). The molecule has 1 aromatic heterocycles. The number of carbonyl (C=O) groups excluding carboxylic acids is 1. The first-order valence-corrected chi connectivity index (χ1v) is 11.8. The Bertz CT molecular complexity index is 1470. The van der Waals surface area contributed by atoms with Crippen LogP contribution in [0.2, 0.25) is 0 Å². The van der Waals surface area contributed by atoms with E-state index in [1.807, 2.05) is 6.07 Å². The van der Waals surface area contributed by atoms with Gasteiger partial charge in [0, 0.05) is 12.1 Å². The average Bonchev–Trinajstić information content (AvgIpc) is 3.47. The van der Waals surface area contributed by atoms with E-state index in [1.54, 1.807) is 66.5 Å². The minimum atomic E-state index is -0.307. The molecule has 39 heavy (non-hydrogen) atoms. The number of benzene rings is 3. The normalized spacial score (nSPS) is 10.3. The van der Waals surface area contributed by atoms with Crippen molar-refractivity contribution in [2.75, 3.05) is 28.4 Å². The van der Waals surface area contributed by atoms with Crippen molar-refractivity contribution in [2.45, 2.75) is 13.2 Å². The lowest BCUT2D eigenvalue weighted by molar-refractivity contribution is 0.0950. The molecule has 1 heterocycles. The molecule has 3 aromatic carbocycles. The Morgan fingerprint density at radius 2 is 1.59 bits per heavy atom. The van der Waals surface area contributed by atoms with Crippen LogP contribution in [0.4, 0.5) is 0 Å². The van der Waals surface area contributed by atoms with Crippen molar-refractivity contribution in [3.63, 3.8) is 0 Å². The summed E-state index contributed by atoms with van der Waals surface area (Å²) in [5, 5.41) is 20.1. The molecule has 4 aromatic rings. The van der Waals surface area contributed by atoms with Crippen LogP contribution in [-0.4, -0.2) is 49.3 Å². The molecular weight excluding hydrogens is 502 g/mol. The Morgan fingerprint density at radius 1 is 0.897 bits per heavy atom. The molecule has 0 saturated heterocycles. The first-order valence-electron chi connectivity index (χ1n) is 11.8. The van der Waals surface area contributed by atoms with Crippen LogP contribution in [0.25, 0.3) is 5.69 Å². The number of rotatable bonds is 11. The standard InChI is InChI=1S/C28H27N5O6/c1-35-24-11-19(15-30-28(34)20-12-25(36-2)27(38-4)26(13-20)37-3)7-10-23(24)39-17-21-16-33(32-31-21)22-8-5-18(14-29)6-9-22/h5-13,16H,15,17H2,1-4H3,(H,30,34). The molecule has 200 valence electrons. The molecule has 0 saturated carbocycles.